The maximum Gasteiger partial charge on any atom is 0.262 e. The lowest BCUT2D eigenvalue weighted by Crippen LogP contribution is -2.48. The van der Waals surface area contributed by atoms with E-state index >= 15 is 0 Å². The summed E-state index contributed by atoms with van der Waals surface area (Å²) >= 11 is 6.26. The van der Waals surface area contributed by atoms with Gasteiger partial charge in [0.15, 0.2) is 6.61 Å². The Hall–Kier alpha value is -1.84. The van der Waals surface area contributed by atoms with E-state index in [2.05, 4.69) is 10.6 Å². The Balaban J connectivity index is 1.56. The molecular weight excluding hydrogens is 430 g/mol. The lowest BCUT2D eigenvalue weighted by atomic mass is 10.1. The van der Waals surface area contributed by atoms with Crippen molar-refractivity contribution < 1.29 is 22.7 Å². The molecule has 2 aliphatic heterocycles. The van der Waals surface area contributed by atoms with Gasteiger partial charge < -0.3 is 15.4 Å². The number of carbonyl (C=O) groups excluding carboxylic acids is 2. The molecule has 30 heavy (non-hydrogen) atoms. The van der Waals surface area contributed by atoms with Gasteiger partial charge in [0.2, 0.25) is 15.9 Å². The SMILES string of the molecule is O=C1COc2cc(S(=O)(=O)N3CCCC3C(=O)NC3CCCCCC3)c(Cl)cc2N1. The highest BCUT2D eigenvalue weighted by Gasteiger charge is 2.41. The number of benzene rings is 1. The monoisotopic (exact) mass is 455 g/mol. The van der Waals surface area contributed by atoms with Crippen LogP contribution in [-0.4, -0.2) is 49.8 Å². The zero-order chi connectivity index (χ0) is 21.3. The number of hydrogen-bond donors (Lipinski definition) is 2. The predicted octanol–water partition coefficient (Wildman–Crippen LogP) is 2.66. The maximum absolute atomic E-state index is 13.4. The second kappa shape index (κ2) is 8.72. The molecule has 10 heteroatoms. The number of sulfonamides is 1. The quantitative estimate of drug-likeness (QED) is 0.679. The first-order valence-corrected chi connectivity index (χ1v) is 12.3. The van der Waals surface area contributed by atoms with Gasteiger partial charge in [-0.25, -0.2) is 8.42 Å². The molecule has 0 radical (unpaired) electrons. The standard InChI is InChI=1S/C20H26ClN3O5S/c21-14-10-15-17(29-12-19(25)23-15)11-18(14)30(27,28)24-9-5-8-16(24)20(26)22-13-6-3-1-2-4-7-13/h10-11,13,16H,1-9,12H2,(H,22,26)(H,23,25). The molecule has 1 aliphatic carbocycles. The third-order valence-corrected chi connectivity index (χ3v) is 8.33. The summed E-state index contributed by atoms with van der Waals surface area (Å²) in [5.41, 5.74) is 0.333. The van der Waals surface area contributed by atoms with Crippen LogP contribution in [0.4, 0.5) is 5.69 Å². The highest BCUT2D eigenvalue weighted by molar-refractivity contribution is 7.89. The molecular formula is C20H26ClN3O5S. The number of ether oxygens (including phenoxy) is 1. The minimum atomic E-state index is -4.01. The van der Waals surface area contributed by atoms with Gasteiger partial charge in [-0.3, -0.25) is 9.59 Å². The molecule has 0 aromatic heterocycles. The fourth-order valence-electron chi connectivity index (χ4n) is 4.42. The van der Waals surface area contributed by atoms with Gasteiger partial charge in [0.05, 0.1) is 10.7 Å². The van der Waals surface area contributed by atoms with Crippen LogP contribution in [0.25, 0.3) is 0 Å². The van der Waals surface area contributed by atoms with Gasteiger partial charge in [-0.15, -0.1) is 0 Å². The third kappa shape index (κ3) is 4.29. The van der Waals surface area contributed by atoms with E-state index in [4.69, 9.17) is 16.3 Å². The van der Waals surface area contributed by atoms with Gasteiger partial charge in [-0.2, -0.15) is 4.31 Å². The van der Waals surface area contributed by atoms with Gasteiger partial charge in [0.25, 0.3) is 5.91 Å². The largest absolute Gasteiger partial charge is 0.482 e. The van der Waals surface area contributed by atoms with Crippen LogP contribution in [-0.2, 0) is 19.6 Å². The lowest BCUT2D eigenvalue weighted by molar-refractivity contribution is -0.125. The average Bonchev–Trinajstić information content (AvgIpc) is 3.07. The van der Waals surface area contributed by atoms with E-state index in [1.165, 1.54) is 29.3 Å². The number of carbonyl (C=O) groups is 2. The first-order chi connectivity index (χ1) is 14.4. The summed E-state index contributed by atoms with van der Waals surface area (Å²) in [7, 11) is -4.01. The molecule has 8 nitrogen and oxygen atoms in total. The molecule has 2 N–H and O–H groups in total. The zero-order valence-corrected chi connectivity index (χ0v) is 18.2. The van der Waals surface area contributed by atoms with E-state index in [0.717, 1.165) is 25.7 Å². The number of rotatable bonds is 4. The molecule has 164 valence electrons. The third-order valence-electron chi connectivity index (χ3n) is 5.96. The molecule has 2 fully saturated rings. The Labute approximate surface area is 181 Å². The normalized spacial score (nSPS) is 23.2. The van der Waals surface area contributed by atoms with Gasteiger partial charge >= 0.3 is 0 Å². The van der Waals surface area contributed by atoms with Crippen LogP contribution < -0.4 is 15.4 Å². The van der Waals surface area contributed by atoms with E-state index in [-0.39, 0.29) is 46.7 Å². The highest BCUT2D eigenvalue weighted by Crippen LogP contribution is 2.38. The number of anilines is 1. The number of halogens is 1. The summed E-state index contributed by atoms with van der Waals surface area (Å²) < 4.78 is 33.4. The van der Waals surface area contributed by atoms with Crippen LogP contribution >= 0.6 is 11.6 Å². The zero-order valence-electron chi connectivity index (χ0n) is 16.7. The summed E-state index contributed by atoms with van der Waals surface area (Å²) in [5.74, 6) is -0.319. The van der Waals surface area contributed by atoms with Gasteiger partial charge in [0, 0.05) is 18.7 Å². The molecule has 4 rings (SSSR count). The average molecular weight is 456 g/mol. The fourth-order valence-corrected chi connectivity index (χ4v) is 6.59. The topological polar surface area (TPSA) is 105 Å². The molecule has 0 bridgehead atoms. The van der Waals surface area contributed by atoms with E-state index in [1.807, 2.05) is 0 Å². The molecule has 1 aromatic rings. The first-order valence-electron chi connectivity index (χ1n) is 10.4. The molecule has 3 aliphatic rings. The van der Waals surface area contributed by atoms with Crippen molar-refractivity contribution in [1.29, 1.82) is 0 Å². The predicted molar refractivity (Wildman–Crippen MR) is 112 cm³/mol. The smallest absolute Gasteiger partial charge is 0.262 e. The highest BCUT2D eigenvalue weighted by atomic mass is 35.5. The van der Waals surface area contributed by atoms with Crippen LogP contribution in [0.2, 0.25) is 5.02 Å². The minimum Gasteiger partial charge on any atom is -0.482 e. The molecule has 1 atom stereocenters. The van der Waals surface area contributed by atoms with Crippen molar-refractivity contribution in [3.05, 3.63) is 17.2 Å². The number of hydrogen-bond acceptors (Lipinski definition) is 5. The number of nitrogens with one attached hydrogen (secondary N) is 2. The molecule has 0 spiro atoms. The van der Waals surface area contributed by atoms with E-state index < -0.39 is 16.1 Å². The molecule has 1 saturated carbocycles. The Morgan fingerprint density at radius 2 is 1.87 bits per heavy atom. The van der Waals surface area contributed by atoms with E-state index in [1.54, 1.807) is 0 Å². The van der Waals surface area contributed by atoms with Crippen molar-refractivity contribution >= 4 is 39.1 Å². The van der Waals surface area contributed by atoms with Crippen LogP contribution in [0.1, 0.15) is 51.4 Å². The van der Waals surface area contributed by atoms with Crippen LogP contribution in [0, 0.1) is 0 Å². The summed E-state index contributed by atoms with van der Waals surface area (Å²) in [6.45, 7) is 0.0698. The summed E-state index contributed by atoms with van der Waals surface area (Å²) in [4.78, 5) is 24.3. The number of fused-ring (bicyclic) bond motifs is 1. The number of nitrogens with zero attached hydrogens (tertiary/aromatic N) is 1. The molecule has 1 unspecified atom stereocenters. The second-order valence-electron chi connectivity index (χ2n) is 8.09. The Bertz CT molecular complexity index is 944. The Morgan fingerprint density at radius 3 is 2.60 bits per heavy atom. The summed E-state index contributed by atoms with van der Waals surface area (Å²) in [6, 6.07) is 2.06. The minimum absolute atomic E-state index is 0.0191. The summed E-state index contributed by atoms with van der Waals surface area (Å²) in [5, 5.41) is 5.66. The number of amides is 2. The van der Waals surface area contributed by atoms with Crippen molar-refractivity contribution in [2.45, 2.75) is 68.3 Å². The van der Waals surface area contributed by atoms with Gasteiger partial charge in [0.1, 0.15) is 16.7 Å². The molecule has 2 amide bonds. The van der Waals surface area contributed by atoms with Crippen molar-refractivity contribution in [2.75, 3.05) is 18.5 Å². The van der Waals surface area contributed by atoms with Gasteiger partial charge in [-0.1, -0.05) is 37.3 Å². The molecule has 1 saturated heterocycles. The lowest BCUT2D eigenvalue weighted by Gasteiger charge is -2.27. The van der Waals surface area contributed by atoms with Crippen LogP contribution in [0.15, 0.2) is 17.0 Å². The van der Waals surface area contributed by atoms with Crippen molar-refractivity contribution in [2.24, 2.45) is 0 Å². The van der Waals surface area contributed by atoms with Gasteiger partial charge in [-0.05, 0) is 31.7 Å². The second-order valence-corrected chi connectivity index (χ2v) is 10.4. The molecule has 1 aromatic carbocycles. The van der Waals surface area contributed by atoms with Crippen LogP contribution in [0.5, 0.6) is 5.75 Å². The van der Waals surface area contributed by atoms with Crippen molar-refractivity contribution in [3.63, 3.8) is 0 Å². The first kappa shape index (κ1) is 21.4. The maximum atomic E-state index is 13.4. The van der Waals surface area contributed by atoms with E-state index in [0.29, 0.717) is 18.5 Å². The van der Waals surface area contributed by atoms with Crippen molar-refractivity contribution in [1.82, 2.24) is 9.62 Å². The van der Waals surface area contributed by atoms with Crippen LogP contribution in [0.3, 0.4) is 0 Å². The molecule has 2 heterocycles. The fraction of sp³-hybridized carbons (Fsp3) is 0.600. The Morgan fingerprint density at radius 1 is 1.13 bits per heavy atom. The summed E-state index contributed by atoms with van der Waals surface area (Å²) in [6.07, 6.45) is 7.48. The van der Waals surface area contributed by atoms with E-state index in [9.17, 15) is 18.0 Å². The Kier molecular flexibility index (Phi) is 6.22. The van der Waals surface area contributed by atoms with Crippen molar-refractivity contribution in [3.8, 4) is 5.75 Å².